The maximum atomic E-state index is 11.3. The molecule has 0 aliphatic rings. The summed E-state index contributed by atoms with van der Waals surface area (Å²) in [6.45, 7) is 8.36. The molecule has 0 radical (unpaired) electrons. The first-order chi connectivity index (χ1) is 7.91. The number of carboxylic acid groups (broad SMARTS) is 2. The molecule has 0 fully saturated rings. The fraction of sp³-hybridized carbons (Fsp3) is 0.833. The summed E-state index contributed by atoms with van der Waals surface area (Å²) in [5, 5.41) is 18.6. The molecule has 2 atom stereocenters. The average molecular weight is 246 g/mol. The van der Waals surface area contributed by atoms with Crippen molar-refractivity contribution >= 4 is 11.9 Å². The summed E-state index contributed by atoms with van der Waals surface area (Å²) in [4.78, 5) is 22.7. The minimum Gasteiger partial charge on any atom is -0.477 e. The van der Waals surface area contributed by atoms with Crippen LogP contribution in [0.3, 0.4) is 0 Å². The maximum Gasteiger partial charge on any atom is 0.362 e. The molecule has 2 unspecified atom stereocenters. The van der Waals surface area contributed by atoms with Crippen molar-refractivity contribution in [2.24, 2.45) is 0 Å². The lowest BCUT2D eigenvalue weighted by molar-refractivity contribution is -0.955. The zero-order chi connectivity index (χ0) is 13.6. The van der Waals surface area contributed by atoms with Gasteiger partial charge in [-0.3, -0.25) is 0 Å². The molecule has 100 valence electrons. The highest BCUT2D eigenvalue weighted by atomic mass is 16.4. The van der Waals surface area contributed by atoms with E-state index in [-0.39, 0.29) is 4.48 Å². The first-order valence-electron chi connectivity index (χ1n) is 6.23. The molecule has 0 saturated carbocycles. The van der Waals surface area contributed by atoms with E-state index in [1.807, 2.05) is 13.8 Å². The SMILES string of the molecule is CCC(C(=O)O)[N+](CC)(CC)C(CC)C(=O)O. The summed E-state index contributed by atoms with van der Waals surface area (Å²) in [5.41, 5.74) is 0. The quantitative estimate of drug-likeness (QED) is 0.637. The van der Waals surface area contributed by atoms with E-state index >= 15 is 0 Å². The molecule has 17 heavy (non-hydrogen) atoms. The Morgan fingerprint density at radius 3 is 1.29 bits per heavy atom. The van der Waals surface area contributed by atoms with Gasteiger partial charge in [0.2, 0.25) is 0 Å². The first-order valence-corrected chi connectivity index (χ1v) is 6.23. The number of likely N-dealkylation sites (N-methyl/N-ethyl adjacent to an activating group) is 1. The molecular formula is C12H24NO4+. The van der Waals surface area contributed by atoms with Gasteiger partial charge in [-0.1, -0.05) is 13.8 Å². The summed E-state index contributed by atoms with van der Waals surface area (Å²) in [6.07, 6.45) is 0.890. The van der Waals surface area contributed by atoms with Gasteiger partial charge in [0.25, 0.3) is 0 Å². The van der Waals surface area contributed by atoms with Gasteiger partial charge in [-0.25, -0.2) is 9.59 Å². The van der Waals surface area contributed by atoms with E-state index in [9.17, 15) is 19.8 Å². The molecule has 0 aliphatic carbocycles. The summed E-state index contributed by atoms with van der Waals surface area (Å²) in [6, 6.07) is -1.29. The topological polar surface area (TPSA) is 74.6 Å². The van der Waals surface area contributed by atoms with Gasteiger partial charge in [0, 0.05) is 12.8 Å². The van der Waals surface area contributed by atoms with E-state index in [2.05, 4.69) is 0 Å². The van der Waals surface area contributed by atoms with Crippen LogP contribution in [-0.2, 0) is 9.59 Å². The van der Waals surface area contributed by atoms with Gasteiger partial charge in [-0.05, 0) is 13.8 Å². The second-order valence-electron chi connectivity index (χ2n) is 4.26. The van der Waals surface area contributed by atoms with Crippen molar-refractivity contribution in [1.82, 2.24) is 0 Å². The van der Waals surface area contributed by atoms with Gasteiger partial charge in [0.1, 0.15) is 0 Å². The van der Waals surface area contributed by atoms with Gasteiger partial charge >= 0.3 is 11.9 Å². The number of nitrogens with zero attached hydrogens (tertiary/aromatic N) is 1. The van der Waals surface area contributed by atoms with E-state index < -0.39 is 24.0 Å². The number of carboxylic acids is 2. The lowest BCUT2D eigenvalue weighted by Crippen LogP contribution is -2.65. The summed E-state index contributed by atoms with van der Waals surface area (Å²) in [5.74, 6) is -1.81. The molecule has 0 aromatic carbocycles. The van der Waals surface area contributed by atoms with Crippen molar-refractivity contribution in [1.29, 1.82) is 0 Å². The molecule has 0 aromatic rings. The van der Waals surface area contributed by atoms with E-state index in [4.69, 9.17) is 0 Å². The molecule has 0 spiro atoms. The van der Waals surface area contributed by atoms with Gasteiger partial charge in [-0.2, -0.15) is 0 Å². The molecule has 0 aliphatic heterocycles. The van der Waals surface area contributed by atoms with E-state index in [1.54, 1.807) is 13.8 Å². The number of rotatable bonds is 8. The molecule has 0 rings (SSSR count). The van der Waals surface area contributed by atoms with Gasteiger partial charge in [-0.15, -0.1) is 0 Å². The third-order valence-corrected chi connectivity index (χ3v) is 3.76. The van der Waals surface area contributed by atoms with Crippen LogP contribution in [0.1, 0.15) is 40.5 Å². The predicted molar refractivity (Wildman–Crippen MR) is 64.8 cm³/mol. The minimum absolute atomic E-state index is 0.123. The molecule has 0 saturated heterocycles. The monoisotopic (exact) mass is 246 g/mol. The van der Waals surface area contributed by atoms with Gasteiger partial charge < -0.3 is 14.7 Å². The van der Waals surface area contributed by atoms with Crippen LogP contribution in [0.5, 0.6) is 0 Å². The Kier molecular flexibility index (Phi) is 6.16. The Bertz CT molecular complexity index is 250. The van der Waals surface area contributed by atoms with Crippen LogP contribution in [-0.4, -0.2) is 51.8 Å². The first kappa shape index (κ1) is 15.9. The highest BCUT2D eigenvalue weighted by Crippen LogP contribution is 2.24. The summed E-state index contributed by atoms with van der Waals surface area (Å²) in [7, 11) is 0. The smallest absolute Gasteiger partial charge is 0.362 e. The molecular weight excluding hydrogens is 222 g/mol. The normalized spacial score (nSPS) is 15.3. The summed E-state index contributed by atoms with van der Waals surface area (Å²) < 4.78 is 0.123. The highest BCUT2D eigenvalue weighted by molar-refractivity contribution is 5.75. The van der Waals surface area contributed by atoms with E-state index in [0.717, 1.165) is 0 Å². The van der Waals surface area contributed by atoms with Crippen LogP contribution < -0.4 is 0 Å². The molecule has 0 bridgehead atoms. The Balaban J connectivity index is 5.53. The van der Waals surface area contributed by atoms with Crippen LogP contribution in [0.25, 0.3) is 0 Å². The second kappa shape index (κ2) is 6.59. The lowest BCUT2D eigenvalue weighted by Gasteiger charge is -2.45. The second-order valence-corrected chi connectivity index (χ2v) is 4.26. The zero-order valence-corrected chi connectivity index (χ0v) is 11.1. The van der Waals surface area contributed by atoms with Crippen molar-refractivity contribution in [3.05, 3.63) is 0 Å². The van der Waals surface area contributed by atoms with Crippen molar-refractivity contribution in [3.63, 3.8) is 0 Å². The van der Waals surface area contributed by atoms with Gasteiger partial charge in [0.05, 0.1) is 13.1 Å². The zero-order valence-electron chi connectivity index (χ0n) is 11.1. The molecule has 0 aromatic heterocycles. The number of hydrogen-bond donors (Lipinski definition) is 2. The largest absolute Gasteiger partial charge is 0.477 e. The van der Waals surface area contributed by atoms with Crippen molar-refractivity contribution < 1.29 is 24.3 Å². The van der Waals surface area contributed by atoms with E-state index in [0.29, 0.717) is 25.9 Å². The third kappa shape index (κ3) is 2.97. The number of aliphatic carboxylic acids is 2. The molecule has 5 heteroatoms. The maximum absolute atomic E-state index is 11.3. The lowest BCUT2D eigenvalue weighted by atomic mass is 10.0. The van der Waals surface area contributed by atoms with Gasteiger partial charge in [0.15, 0.2) is 12.1 Å². The van der Waals surface area contributed by atoms with Crippen molar-refractivity contribution in [3.8, 4) is 0 Å². The number of carbonyl (C=O) groups is 2. The predicted octanol–water partition coefficient (Wildman–Crippen LogP) is 1.57. The molecule has 5 nitrogen and oxygen atoms in total. The Morgan fingerprint density at radius 1 is 0.882 bits per heavy atom. The standard InChI is InChI=1S/C12H23NO4/c1-5-9(11(14)15)13(7-3,8-4)10(6-2)12(16)17/h9-10H,5-8H2,1-4H3,(H-,14,15,16,17)/p+1. The van der Waals surface area contributed by atoms with Crippen LogP contribution in [0.4, 0.5) is 0 Å². The molecule has 2 N–H and O–H groups in total. The minimum atomic E-state index is -0.907. The fourth-order valence-electron chi connectivity index (χ4n) is 2.84. The number of quaternary nitrogens is 1. The fourth-order valence-corrected chi connectivity index (χ4v) is 2.84. The Hall–Kier alpha value is -1.10. The van der Waals surface area contributed by atoms with Crippen LogP contribution in [0.15, 0.2) is 0 Å². The number of hydrogen-bond acceptors (Lipinski definition) is 2. The Morgan fingerprint density at radius 2 is 1.18 bits per heavy atom. The van der Waals surface area contributed by atoms with E-state index in [1.165, 1.54) is 0 Å². The summed E-state index contributed by atoms with van der Waals surface area (Å²) >= 11 is 0. The average Bonchev–Trinajstić information content (AvgIpc) is 2.27. The molecule has 0 amide bonds. The highest BCUT2D eigenvalue weighted by Gasteiger charge is 2.47. The van der Waals surface area contributed by atoms with Crippen molar-refractivity contribution in [2.75, 3.05) is 13.1 Å². The van der Waals surface area contributed by atoms with Crippen LogP contribution >= 0.6 is 0 Å². The Labute approximate surface area is 103 Å². The third-order valence-electron chi connectivity index (χ3n) is 3.76. The van der Waals surface area contributed by atoms with Crippen LogP contribution in [0.2, 0.25) is 0 Å². The molecule has 0 heterocycles. The van der Waals surface area contributed by atoms with Crippen LogP contribution in [0, 0.1) is 0 Å². The van der Waals surface area contributed by atoms with Crippen molar-refractivity contribution in [2.45, 2.75) is 52.6 Å².